The highest BCUT2D eigenvalue weighted by molar-refractivity contribution is 5.64. The second-order valence-corrected chi connectivity index (χ2v) is 10.2. The average Bonchev–Trinajstić information content (AvgIpc) is 3.36. The molecule has 2 aromatic rings. The summed E-state index contributed by atoms with van der Waals surface area (Å²) in [6.07, 6.45) is 2.78. The van der Waals surface area contributed by atoms with Gasteiger partial charge in [0.1, 0.15) is 18.1 Å². The number of carbonyl (C=O) groups excluding carboxylic acids is 1. The molecule has 1 amide bonds. The van der Waals surface area contributed by atoms with Gasteiger partial charge in [-0.15, -0.1) is 0 Å². The zero-order valence-electron chi connectivity index (χ0n) is 18.8. The van der Waals surface area contributed by atoms with E-state index in [9.17, 15) is 13.6 Å². The average molecular weight is 447 g/mol. The molecule has 1 aromatic heterocycles. The number of rotatable bonds is 4. The van der Waals surface area contributed by atoms with Gasteiger partial charge in [0.05, 0.1) is 12.1 Å². The van der Waals surface area contributed by atoms with Crippen LogP contribution in [0.3, 0.4) is 0 Å². The number of halogens is 2. The number of likely N-dealkylation sites (tertiary alicyclic amines) is 1. The molecule has 2 aliphatic rings. The van der Waals surface area contributed by atoms with Gasteiger partial charge in [0, 0.05) is 31.4 Å². The van der Waals surface area contributed by atoms with Crippen LogP contribution in [0.1, 0.15) is 57.6 Å². The first-order valence-corrected chi connectivity index (χ1v) is 11.2. The van der Waals surface area contributed by atoms with Crippen LogP contribution in [0.15, 0.2) is 42.7 Å². The molecule has 6 nitrogen and oxygen atoms in total. The van der Waals surface area contributed by atoms with Gasteiger partial charge in [-0.2, -0.15) is 5.10 Å². The van der Waals surface area contributed by atoms with Gasteiger partial charge in [0.25, 0.3) is 0 Å². The molecule has 174 valence electrons. The summed E-state index contributed by atoms with van der Waals surface area (Å²) in [5, 5.41) is 4.49. The molecule has 1 aromatic carbocycles. The molecule has 2 N–H and O–H groups in total. The molecular weight excluding hydrogens is 414 g/mol. The normalized spacial score (nSPS) is 31.5. The topological polar surface area (TPSA) is 73.4 Å². The summed E-state index contributed by atoms with van der Waals surface area (Å²) < 4.78 is 35.8. The number of primary amides is 1. The Labute approximate surface area is 187 Å². The molecule has 1 saturated heterocycles. The van der Waals surface area contributed by atoms with E-state index in [4.69, 9.17) is 10.5 Å². The monoisotopic (exact) mass is 446 g/mol. The van der Waals surface area contributed by atoms with Crippen molar-refractivity contribution >= 4 is 6.09 Å². The van der Waals surface area contributed by atoms with Crippen molar-refractivity contribution in [2.45, 2.75) is 76.4 Å². The Kier molecular flexibility index (Phi) is 6.25. The van der Waals surface area contributed by atoms with Gasteiger partial charge >= 0.3 is 6.09 Å². The lowest BCUT2D eigenvalue weighted by Crippen LogP contribution is -2.62. The molecule has 0 radical (unpaired) electrons. The van der Waals surface area contributed by atoms with E-state index in [1.165, 1.54) is 12.1 Å². The van der Waals surface area contributed by atoms with Crippen LogP contribution in [0, 0.1) is 11.2 Å². The Morgan fingerprint density at radius 2 is 1.84 bits per heavy atom. The Hall–Kier alpha value is -2.48. The number of amides is 1. The van der Waals surface area contributed by atoms with E-state index in [0.717, 1.165) is 18.4 Å². The van der Waals surface area contributed by atoms with Crippen molar-refractivity contribution in [1.82, 2.24) is 14.7 Å². The number of nitrogens with zero attached hydrogens (tertiary/aromatic N) is 3. The minimum absolute atomic E-state index is 0.0180. The Balaban J connectivity index is 1.70. The molecule has 0 spiro atoms. The fraction of sp³-hybridized carbons (Fsp3) is 0.583. The summed E-state index contributed by atoms with van der Waals surface area (Å²) in [6.45, 7) is 6.50. The molecular formula is C24H32F2N4O2. The van der Waals surface area contributed by atoms with Crippen molar-refractivity contribution in [3.05, 3.63) is 54.1 Å². The minimum atomic E-state index is -1.12. The van der Waals surface area contributed by atoms with Crippen molar-refractivity contribution in [3.63, 3.8) is 0 Å². The highest BCUT2D eigenvalue weighted by Crippen LogP contribution is 2.47. The van der Waals surface area contributed by atoms with Crippen molar-refractivity contribution in [1.29, 1.82) is 0 Å². The highest BCUT2D eigenvalue weighted by atomic mass is 19.1. The van der Waals surface area contributed by atoms with Gasteiger partial charge in [-0.1, -0.05) is 32.9 Å². The molecule has 1 aliphatic carbocycles. The second kappa shape index (κ2) is 8.81. The molecule has 1 aliphatic heterocycles. The van der Waals surface area contributed by atoms with E-state index >= 15 is 0 Å². The number of hydrogen-bond acceptors (Lipinski definition) is 4. The molecule has 2 heterocycles. The SMILES string of the molecule is CC(C)(C)C1[C@H](OC(N)=O)C[C@@H](F)CN1C1CC(c2ccc(F)cc2)CC1n1cccn1. The van der Waals surface area contributed by atoms with Crippen LogP contribution in [-0.4, -0.2) is 51.7 Å². The number of piperidine rings is 1. The first-order valence-electron chi connectivity index (χ1n) is 11.2. The Morgan fingerprint density at radius 3 is 2.44 bits per heavy atom. The fourth-order valence-electron chi connectivity index (χ4n) is 5.79. The maximum absolute atomic E-state index is 14.9. The standard InChI is InChI=1S/C24H32F2N4O2/c1-24(2,3)22-21(32-23(27)31)13-18(26)14-29(22)19-11-16(15-5-7-17(25)8-6-15)12-20(19)30-10-4-9-28-30/h4-10,16,18-22H,11-14H2,1-3H3,(H2,27,31)/t16?,18-,19?,20?,21-,22?/m1/s1. The molecule has 8 heteroatoms. The quantitative estimate of drug-likeness (QED) is 0.754. The van der Waals surface area contributed by atoms with Crippen molar-refractivity contribution in [3.8, 4) is 0 Å². The summed E-state index contributed by atoms with van der Waals surface area (Å²) in [5.41, 5.74) is 6.13. The van der Waals surface area contributed by atoms with Gasteiger partial charge in [0.2, 0.25) is 0 Å². The number of hydrogen-bond donors (Lipinski definition) is 1. The lowest BCUT2D eigenvalue weighted by atomic mass is 9.77. The molecule has 6 atom stereocenters. The summed E-state index contributed by atoms with van der Waals surface area (Å²) >= 11 is 0. The number of nitrogens with two attached hydrogens (primary N) is 1. The Morgan fingerprint density at radius 1 is 1.16 bits per heavy atom. The van der Waals surface area contributed by atoms with E-state index in [0.29, 0.717) is 0 Å². The third-order valence-electron chi connectivity index (χ3n) is 6.89. The summed E-state index contributed by atoms with van der Waals surface area (Å²) in [5.74, 6) is -0.0756. The van der Waals surface area contributed by atoms with Crippen LogP contribution < -0.4 is 5.73 Å². The predicted molar refractivity (Wildman–Crippen MR) is 117 cm³/mol. The molecule has 1 saturated carbocycles. The summed E-state index contributed by atoms with van der Waals surface area (Å²) in [6, 6.07) is 8.32. The first kappa shape index (κ1) is 22.7. The first-order chi connectivity index (χ1) is 15.1. The Bertz CT molecular complexity index is 913. The fourth-order valence-corrected chi connectivity index (χ4v) is 5.79. The van der Waals surface area contributed by atoms with Crippen LogP contribution in [0.2, 0.25) is 0 Å². The van der Waals surface area contributed by atoms with E-state index in [1.54, 1.807) is 6.20 Å². The maximum atomic E-state index is 14.9. The number of ether oxygens (including phenoxy) is 1. The summed E-state index contributed by atoms with van der Waals surface area (Å²) in [7, 11) is 0. The molecule has 32 heavy (non-hydrogen) atoms. The molecule has 2 fully saturated rings. The third kappa shape index (κ3) is 4.65. The smallest absolute Gasteiger partial charge is 0.404 e. The largest absolute Gasteiger partial charge is 0.445 e. The predicted octanol–water partition coefficient (Wildman–Crippen LogP) is 4.43. The van der Waals surface area contributed by atoms with Crippen molar-refractivity contribution < 1.29 is 18.3 Å². The van der Waals surface area contributed by atoms with Gasteiger partial charge < -0.3 is 10.5 Å². The van der Waals surface area contributed by atoms with Crippen molar-refractivity contribution in [2.75, 3.05) is 6.54 Å². The number of benzene rings is 1. The van der Waals surface area contributed by atoms with E-state index in [2.05, 4.69) is 30.8 Å². The lowest BCUT2D eigenvalue weighted by molar-refractivity contribution is -0.0920. The minimum Gasteiger partial charge on any atom is -0.445 e. The van der Waals surface area contributed by atoms with Crippen molar-refractivity contribution in [2.24, 2.45) is 11.1 Å². The number of alkyl halides is 1. The molecule has 4 unspecified atom stereocenters. The molecule has 0 bridgehead atoms. The van der Waals surface area contributed by atoms with Crippen LogP contribution in [-0.2, 0) is 4.74 Å². The van der Waals surface area contributed by atoms with Crippen LogP contribution in [0.4, 0.5) is 13.6 Å². The van der Waals surface area contributed by atoms with E-state index < -0.39 is 18.4 Å². The van der Waals surface area contributed by atoms with Crippen LogP contribution in [0.5, 0.6) is 0 Å². The van der Waals surface area contributed by atoms with Gasteiger partial charge in [-0.3, -0.25) is 9.58 Å². The second-order valence-electron chi connectivity index (χ2n) is 10.2. The van der Waals surface area contributed by atoms with Crippen LogP contribution in [0.25, 0.3) is 0 Å². The number of carbonyl (C=O) groups is 1. The highest BCUT2D eigenvalue weighted by Gasteiger charge is 2.51. The number of aromatic nitrogens is 2. The van der Waals surface area contributed by atoms with E-state index in [-0.39, 0.29) is 48.2 Å². The zero-order valence-corrected chi connectivity index (χ0v) is 18.8. The van der Waals surface area contributed by atoms with Crippen LogP contribution >= 0.6 is 0 Å². The third-order valence-corrected chi connectivity index (χ3v) is 6.89. The van der Waals surface area contributed by atoms with Gasteiger partial charge in [0.15, 0.2) is 0 Å². The zero-order chi connectivity index (χ0) is 23.0. The molecule has 4 rings (SSSR count). The van der Waals surface area contributed by atoms with E-state index in [1.807, 2.05) is 29.1 Å². The lowest BCUT2D eigenvalue weighted by Gasteiger charge is -2.51. The van der Waals surface area contributed by atoms with Gasteiger partial charge in [-0.05, 0) is 47.9 Å². The maximum Gasteiger partial charge on any atom is 0.404 e. The van der Waals surface area contributed by atoms with Gasteiger partial charge in [-0.25, -0.2) is 13.6 Å². The summed E-state index contributed by atoms with van der Waals surface area (Å²) in [4.78, 5) is 13.8.